The second-order valence-corrected chi connectivity index (χ2v) is 6.46. The number of carboxylic acids is 1. The maximum absolute atomic E-state index is 10.4. The highest BCUT2D eigenvalue weighted by atomic mass is 16.4. The molecule has 4 nitrogen and oxygen atoms in total. The van der Waals surface area contributed by atoms with Crippen molar-refractivity contribution in [2.45, 2.75) is 83.3 Å². The number of hydrogen-bond acceptors (Lipinski definition) is 3. The van der Waals surface area contributed by atoms with Crippen molar-refractivity contribution in [2.75, 3.05) is 0 Å². The maximum Gasteiger partial charge on any atom is 0.303 e. The molecule has 0 fully saturated rings. The van der Waals surface area contributed by atoms with Gasteiger partial charge in [0.15, 0.2) is 0 Å². The number of unbranched alkanes of at least 4 members (excludes halogenated alkanes) is 5. The van der Waals surface area contributed by atoms with Gasteiger partial charge in [-0.1, -0.05) is 87.6 Å². The molecule has 0 aromatic heterocycles. The van der Waals surface area contributed by atoms with Gasteiger partial charge in [0.05, 0.1) is 12.2 Å². The highest BCUT2D eigenvalue weighted by Gasteiger charge is 1.99. The minimum absolute atomic E-state index is 0.265. The number of carboxylic acid groups (broad SMARTS) is 1. The molecule has 0 saturated heterocycles. The lowest BCUT2D eigenvalue weighted by atomic mass is 10.1. The molecule has 0 aliphatic heterocycles. The van der Waals surface area contributed by atoms with E-state index in [1.165, 1.54) is 0 Å². The Morgan fingerprint density at radius 3 is 2.00 bits per heavy atom. The largest absolute Gasteiger partial charge is 0.481 e. The molecular formula is C22H36O4. The van der Waals surface area contributed by atoms with E-state index in [0.717, 1.165) is 51.4 Å². The predicted molar refractivity (Wildman–Crippen MR) is 108 cm³/mol. The fourth-order valence-corrected chi connectivity index (χ4v) is 2.43. The van der Waals surface area contributed by atoms with Gasteiger partial charge in [-0.05, 0) is 25.7 Å². The normalized spacial score (nSPS) is 14.9. The van der Waals surface area contributed by atoms with E-state index in [4.69, 9.17) is 5.11 Å². The Bertz CT molecular complexity index is 449. The fraction of sp³-hybridized carbons (Fsp3) is 0.591. The van der Waals surface area contributed by atoms with Crippen LogP contribution in [0, 0.1) is 0 Å². The molecule has 0 bridgehead atoms. The first-order chi connectivity index (χ1) is 12.6. The third kappa shape index (κ3) is 18.7. The van der Waals surface area contributed by atoms with Crippen LogP contribution in [0.5, 0.6) is 0 Å². The van der Waals surface area contributed by atoms with E-state index in [-0.39, 0.29) is 6.42 Å². The zero-order valence-electron chi connectivity index (χ0n) is 16.1. The summed E-state index contributed by atoms with van der Waals surface area (Å²) in [6.45, 7) is 2.06. The Kier molecular flexibility index (Phi) is 17.0. The minimum atomic E-state index is -0.718. The van der Waals surface area contributed by atoms with Crippen molar-refractivity contribution in [3.8, 4) is 0 Å². The summed E-state index contributed by atoms with van der Waals surface area (Å²) in [4.78, 5) is 10.4. The molecule has 0 aliphatic rings. The average Bonchev–Trinajstić information content (AvgIpc) is 2.60. The van der Waals surface area contributed by atoms with Gasteiger partial charge in [-0.25, -0.2) is 0 Å². The molecule has 0 rings (SSSR count). The van der Waals surface area contributed by atoms with Crippen LogP contribution in [0.15, 0.2) is 48.6 Å². The van der Waals surface area contributed by atoms with E-state index in [1.54, 1.807) is 12.2 Å². The SMILES string of the molecule is CC/C=C\C[C@H](O)/C=C/C=C\C=C\[C@@H](O)CCCCCCCCC(=O)O. The third-order valence-electron chi connectivity index (χ3n) is 3.92. The second kappa shape index (κ2) is 18.2. The highest BCUT2D eigenvalue weighted by molar-refractivity contribution is 5.66. The first kappa shape index (κ1) is 24.4. The Labute approximate surface area is 158 Å². The lowest BCUT2D eigenvalue weighted by molar-refractivity contribution is -0.137. The van der Waals surface area contributed by atoms with Gasteiger partial charge in [-0.2, -0.15) is 0 Å². The van der Waals surface area contributed by atoms with Crippen LogP contribution in [-0.4, -0.2) is 33.5 Å². The van der Waals surface area contributed by atoms with Crippen molar-refractivity contribution in [3.05, 3.63) is 48.6 Å². The van der Waals surface area contributed by atoms with Gasteiger partial charge >= 0.3 is 5.97 Å². The molecule has 0 aromatic carbocycles. The van der Waals surface area contributed by atoms with Crippen molar-refractivity contribution in [3.63, 3.8) is 0 Å². The fourth-order valence-electron chi connectivity index (χ4n) is 2.43. The molecule has 2 atom stereocenters. The van der Waals surface area contributed by atoms with Crippen molar-refractivity contribution in [1.29, 1.82) is 0 Å². The van der Waals surface area contributed by atoms with E-state index in [2.05, 4.69) is 6.92 Å². The topological polar surface area (TPSA) is 77.8 Å². The minimum Gasteiger partial charge on any atom is -0.481 e. The highest BCUT2D eigenvalue weighted by Crippen LogP contribution is 2.10. The summed E-state index contributed by atoms with van der Waals surface area (Å²) in [7, 11) is 0. The van der Waals surface area contributed by atoms with Gasteiger partial charge in [0.25, 0.3) is 0 Å². The maximum atomic E-state index is 10.4. The zero-order chi connectivity index (χ0) is 19.5. The first-order valence-corrected chi connectivity index (χ1v) is 9.80. The molecule has 0 aliphatic carbocycles. The van der Waals surface area contributed by atoms with E-state index in [9.17, 15) is 15.0 Å². The van der Waals surface area contributed by atoms with E-state index < -0.39 is 18.2 Å². The van der Waals surface area contributed by atoms with E-state index in [1.807, 2.05) is 36.5 Å². The molecule has 3 N–H and O–H groups in total. The molecule has 26 heavy (non-hydrogen) atoms. The molecule has 148 valence electrons. The molecule has 4 heteroatoms. The molecule has 0 heterocycles. The first-order valence-electron chi connectivity index (χ1n) is 9.80. The third-order valence-corrected chi connectivity index (χ3v) is 3.92. The molecule has 0 aromatic rings. The number of allylic oxidation sites excluding steroid dienone is 5. The van der Waals surface area contributed by atoms with Gasteiger partial charge < -0.3 is 15.3 Å². The Morgan fingerprint density at radius 1 is 0.808 bits per heavy atom. The van der Waals surface area contributed by atoms with Crippen LogP contribution in [-0.2, 0) is 4.79 Å². The monoisotopic (exact) mass is 364 g/mol. The summed E-state index contributed by atoms with van der Waals surface area (Å²) >= 11 is 0. The zero-order valence-corrected chi connectivity index (χ0v) is 16.1. The number of aliphatic hydroxyl groups is 2. The smallest absolute Gasteiger partial charge is 0.303 e. The molecule has 0 unspecified atom stereocenters. The summed E-state index contributed by atoms with van der Waals surface area (Å²) < 4.78 is 0. The summed E-state index contributed by atoms with van der Waals surface area (Å²) in [5, 5.41) is 28.1. The molecule has 0 radical (unpaired) electrons. The van der Waals surface area contributed by atoms with Crippen LogP contribution in [0.3, 0.4) is 0 Å². The van der Waals surface area contributed by atoms with Crippen molar-refractivity contribution < 1.29 is 20.1 Å². The Hall–Kier alpha value is -1.65. The van der Waals surface area contributed by atoms with Crippen molar-refractivity contribution in [1.82, 2.24) is 0 Å². The summed E-state index contributed by atoms with van der Waals surface area (Å²) in [5.41, 5.74) is 0. The summed E-state index contributed by atoms with van der Waals surface area (Å²) in [5.74, 6) is -0.718. The molecular weight excluding hydrogens is 328 g/mol. The van der Waals surface area contributed by atoms with Gasteiger partial charge in [-0.3, -0.25) is 4.79 Å². The molecule has 0 amide bonds. The van der Waals surface area contributed by atoms with Crippen LogP contribution in [0.25, 0.3) is 0 Å². The van der Waals surface area contributed by atoms with Gasteiger partial charge in [0.2, 0.25) is 0 Å². The standard InChI is InChI=1S/C22H36O4/c1-2-3-10-15-20(23)17-12-8-9-13-18-21(24)16-11-6-4-5-7-14-19-22(25)26/h3,8-10,12-13,17-18,20-21,23-24H,2,4-7,11,14-16,19H2,1H3,(H,25,26)/b9-8-,10-3-,17-12+,18-13+/t20-,21-/m0/s1. The number of aliphatic carboxylic acids is 1. The quantitative estimate of drug-likeness (QED) is 0.206. The molecule has 0 spiro atoms. The number of aliphatic hydroxyl groups excluding tert-OH is 2. The van der Waals surface area contributed by atoms with Crippen molar-refractivity contribution in [2.24, 2.45) is 0 Å². The van der Waals surface area contributed by atoms with Crippen molar-refractivity contribution >= 4 is 5.97 Å². The molecule has 0 saturated carbocycles. The number of hydrogen-bond donors (Lipinski definition) is 3. The average molecular weight is 365 g/mol. The Morgan fingerprint density at radius 2 is 1.38 bits per heavy atom. The van der Waals surface area contributed by atoms with Gasteiger partial charge in [0, 0.05) is 6.42 Å². The van der Waals surface area contributed by atoms with Crippen LogP contribution in [0.2, 0.25) is 0 Å². The second-order valence-electron chi connectivity index (χ2n) is 6.46. The lowest BCUT2D eigenvalue weighted by Crippen LogP contribution is -2.01. The number of rotatable bonds is 16. The van der Waals surface area contributed by atoms with Crippen LogP contribution in [0.4, 0.5) is 0 Å². The van der Waals surface area contributed by atoms with Gasteiger partial charge in [0.1, 0.15) is 0 Å². The summed E-state index contributed by atoms with van der Waals surface area (Å²) in [6.07, 6.45) is 22.5. The lowest BCUT2D eigenvalue weighted by Gasteiger charge is -2.05. The Balaban J connectivity index is 3.65. The van der Waals surface area contributed by atoms with Crippen LogP contribution in [0.1, 0.15) is 71.1 Å². The number of carbonyl (C=O) groups is 1. The van der Waals surface area contributed by atoms with Crippen LogP contribution >= 0.6 is 0 Å². The summed E-state index contributed by atoms with van der Waals surface area (Å²) in [6, 6.07) is 0. The van der Waals surface area contributed by atoms with Gasteiger partial charge in [-0.15, -0.1) is 0 Å². The predicted octanol–water partition coefficient (Wildman–Crippen LogP) is 4.94. The van der Waals surface area contributed by atoms with E-state index in [0.29, 0.717) is 6.42 Å². The van der Waals surface area contributed by atoms with Crippen LogP contribution < -0.4 is 0 Å². The van der Waals surface area contributed by atoms with E-state index >= 15 is 0 Å².